The zero-order valence-corrected chi connectivity index (χ0v) is 17.5. The normalized spacial score (nSPS) is 13.6. The lowest BCUT2D eigenvalue weighted by Crippen LogP contribution is -2.36. The number of aromatic nitrogens is 1. The molecule has 29 heavy (non-hydrogen) atoms. The average Bonchev–Trinajstić information content (AvgIpc) is 3.10. The number of carbonyl (C=O) groups excluding carboxylic acids is 1. The van der Waals surface area contributed by atoms with Gasteiger partial charge >= 0.3 is 0 Å². The highest BCUT2D eigenvalue weighted by molar-refractivity contribution is 5.87. The van der Waals surface area contributed by atoms with E-state index in [-0.39, 0.29) is 5.91 Å². The second-order valence-electron chi connectivity index (χ2n) is 7.97. The molecule has 2 heterocycles. The molecule has 0 fully saturated rings. The highest BCUT2D eigenvalue weighted by atomic mass is 16.5. The van der Waals surface area contributed by atoms with Crippen molar-refractivity contribution in [2.45, 2.75) is 39.2 Å². The van der Waals surface area contributed by atoms with Crippen LogP contribution in [0.2, 0.25) is 0 Å². The number of ether oxygens (including phenoxy) is 2. The van der Waals surface area contributed by atoms with E-state index in [2.05, 4.69) is 37.0 Å². The number of benzene rings is 2. The summed E-state index contributed by atoms with van der Waals surface area (Å²) in [7, 11) is 3.22. The molecule has 1 aromatic heterocycles. The quantitative estimate of drug-likeness (QED) is 0.699. The van der Waals surface area contributed by atoms with Crippen molar-refractivity contribution in [3.63, 3.8) is 0 Å². The van der Waals surface area contributed by atoms with Gasteiger partial charge in [0.15, 0.2) is 11.5 Å². The van der Waals surface area contributed by atoms with Crippen LogP contribution in [0.15, 0.2) is 36.4 Å². The van der Waals surface area contributed by atoms with E-state index in [1.165, 1.54) is 22.2 Å². The molecule has 1 N–H and O–H groups in total. The van der Waals surface area contributed by atoms with Gasteiger partial charge in [-0.2, -0.15) is 0 Å². The number of hydrogen-bond donors (Lipinski definition) is 1. The third-order valence-corrected chi connectivity index (χ3v) is 5.82. The van der Waals surface area contributed by atoms with Crippen LogP contribution in [0.1, 0.15) is 42.1 Å². The first-order chi connectivity index (χ1) is 14.0. The summed E-state index contributed by atoms with van der Waals surface area (Å²) >= 11 is 0. The second kappa shape index (κ2) is 7.82. The first-order valence-electron chi connectivity index (χ1n) is 10.1. The van der Waals surface area contributed by atoms with Gasteiger partial charge in [0.1, 0.15) is 0 Å². The summed E-state index contributed by atoms with van der Waals surface area (Å²) in [6.07, 6.45) is 1.22. The molecule has 0 saturated heterocycles. The zero-order valence-electron chi connectivity index (χ0n) is 17.5. The number of amides is 1. The van der Waals surface area contributed by atoms with Crippen LogP contribution in [-0.2, 0) is 24.2 Å². The topological polar surface area (TPSA) is 54.6 Å². The Bertz CT molecular complexity index is 1050. The first-order valence-corrected chi connectivity index (χ1v) is 10.1. The molecule has 152 valence electrons. The number of methoxy groups -OCH3 is 2. The highest BCUT2D eigenvalue weighted by Gasteiger charge is 2.24. The molecule has 1 amide bonds. The molecule has 1 aliphatic heterocycles. The average molecular weight is 392 g/mol. The molecule has 2 aromatic carbocycles. The van der Waals surface area contributed by atoms with Gasteiger partial charge in [0.05, 0.1) is 20.6 Å². The maximum atomic E-state index is 13.0. The van der Waals surface area contributed by atoms with Gasteiger partial charge in [0.2, 0.25) is 5.91 Å². The number of nitrogens with zero attached hydrogens (tertiary/aromatic N) is 1. The summed E-state index contributed by atoms with van der Waals surface area (Å²) in [5.74, 6) is 1.94. The van der Waals surface area contributed by atoms with E-state index >= 15 is 0 Å². The minimum Gasteiger partial charge on any atom is -0.493 e. The number of rotatable bonds is 5. The summed E-state index contributed by atoms with van der Waals surface area (Å²) in [5.41, 5.74) is 5.94. The van der Waals surface area contributed by atoms with Gasteiger partial charge in [-0.25, -0.2) is 0 Å². The van der Waals surface area contributed by atoms with Crippen molar-refractivity contribution >= 4 is 16.8 Å². The van der Waals surface area contributed by atoms with Crippen LogP contribution in [0.3, 0.4) is 0 Å². The maximum absolute atomic E-state index is 13.0. The van der Waals surface area contributed by atoms with E-state index in [0.29, 0.717) is 30.4 Å². The van der Waals surface area contributed by atoms with Gasteiger partial charge < -0.3 is 19.4 Å². The van der Waals surface area contributed by atoms with E-state index in [0.717, 1.165) is 24.0 Å². The Morgan fingerprint density at radius 1 is 1.10 bits per heavy atom. The summed E-state index contributed by atoms with van der Waals surface area (Å²) in [6, 6.07) is 12.3. The highest BCUT2D eigenvalue weighted by Crippen LogP contribution is 2.31. The SMILES string of the molecule is COc1ccc(CC(=O)N2CCc3[nH]c4ccc(C(C)C)cc4c3C2)cc1OC. The molecular weight excluding hydrogens is 364 g/mol. The van der Waals surface area contributed by atoms with Gasteiger partial charge in [-0.05, 0) is 41.3 Å². The van der Waals surface area contributed by atoms with Crippen LogP contribution in [0.4, 0.5) is 0 Å². The predicted molar refractivity (Wildman–Crippen MR) is 115 cm³/mol. The van der Waals surface area contributed by atoms with Crippen LogP contribution in [0, 0.1) is 0 Å². The van der Waals surface area contributed by atoms with Crippen LogP contribution in [0.25, 0.3) is 10.9 Å². The van der Waals surface area contributed by atoms with Gasteiger partial charge in [0, 0.05) is 41.7 Å². The second-order valence-corrected chi connectivity index (χ2v) is 7.97. The third-order valence-electron chi connectivity index (χ3n) is 5.82. The standard InChI is InChI=1S/C24H28N2O3/c1-15(2)17-6-7-20-18(13-17)19-14-26(10-9-21(19)25-20)24(27)12-16-5-8-22(28-3)23(11-16)29-4/h5-8,11,13,15,25H,9-10,12,14H2,1-4H3. The van der Waals surface area contributed by atoms with Gasteiger partial charge in [-0.1, -0.05) is 26.0 Å². The predicted octanol–water partition coefficient (Wildman–Crippen LogP) is 4.44. The van der Waals surface area contributed by atoms with Gasteiger partial charge in [-0.15, -0.1) is 0 Å². The molecule has 0 radical (unpaired) electrons. The van der Waals surface area contributed by atoms with Crippen molar-refractivity contribution < 1.29 is 14.3 Å². The smallest absolute Gasteiger partial charge is 0.227 e. The molecule has 1 aliphatic rings. The van der Waals surface area contributed by atoms with Crippen LogP contribution >= 0.6 is 0 Å². The van der Waals surface area contributed by atoms with Crippen molar-refractivity contribution in [1.82, 2.24) is 9.88 Å². The lowest BCUT2D eigenvalue weighted by atomic mass is 9.98. The molecule has 0 atom stereocenters. The monoisotopic (exact) mass is 392 g/mol. The minimum absolute atomic E-state index is 0.136. The summed E-state index contributed by atoms with van der Waals surface area (Å²) < 4.78 is 10.7. The summed E-state index contributed by atoms with van der Waals surface area (Å²) in [4.78, 5) is 18.5. The van der Waals surface area contributed by atoms with Crippen molar-refractivity contribution in [2.75, 3.05) is 20.8 Å². The molecule has 0 spiro atoms. The Labute approximate surface area is 171 Å². The first kappa shape index (κ1) is 19.4. The Kier molecular flexibility index (Phi) is 5.22. The fourth-order valence-electron chi connectivity index (χ4n) is 4.08. The summed E-state index contributed by atoms with van der Waals surface area (Å²) in [5, 5.41) is 1.25. The number of nitrogens with one attached hydrogen (secondary N) is 1. The molecule has 5 nitrogen and oxygen atoms in total. The Hall–Kier alpha value is -2.95. The Morgan fingerprint density at radius 3 is 2.62 bits per heavy atom. The van der Waals surface area contributed by atoms with Crippen molar-refractivity contribution in [3.05, 3.63) is 58.8 Å². The minimum atomic E-state index is 0.136. The van der Waals surface area contributed by atoms with E-state index in [1.54, 1.807) is 14.2 Å². The molecule has 0 aliphatic carbocycles. The van der Waals surface area contributed by atoms with E-state index in [4.69, 9.17) is 9.47 Å². The van der Waals surface area contributed by atoms with E-state index in [1.807, 2.05) is 23.1 Å². The molecule has 0 bridgehead atoms. The zero-order chi connectivity index (χ0) is 20.5. The van der Waals surface area contributed by atoms with Crippen molar-refractivity contribution in [3.8, 4) is 11.5 Å². The van der Waals surface area contributed by atoms with Crippen molar-refractivity contribution in [2.24, 2.45) is 0 Å². The maximum Gasteiger partial charge on any atom is 0.227 e. The van der Waals surface area contributed by atoms with Crippen LogP contribution < -0.4 is 9.47 Å². The van der Waals surface area contributed by atoms with E-state index in [9.17, 15) is 4.79 Å². The summed E-state index contributed by atoms with van der Waals surface area (Å²) in [6.45, 7) is 5.81. The van der Waals surface area contributed by atoms with Crippen LogP contribution in [-0.4, -0.2) is 36.6 Å². The molecule has 5 heteroatoms. The largest absolute Gasteiger partial charge is 0.493 e. The molecule has 3 aromatic rings. The fraction of sp³-hybridized carbons (Fsp3) is 0.375. The van der Waals surface area contributed by atoms with E-state index < -0.39 is 0 Å². The number of H-pyrrole nitrogens is 1. The number of fused-ring (bicyclic) bond motifs is 3. The third kappa shape index (κ3) is 3.69. The van der Waals surface area contributed by atoms with Crippen LogP contribution in [0.5, 0.6) is 11.5 Å². The molecule has 0 saturated carbocycles. The number of hydrogen-bond acceptors (Lipinski definition) is 3. The lowest BCUT2D eigenvalue weighted by Gasteiger charge is -2.27. The fourth-order valence-corrected chi connectivity index (χ4v) is 4.08. The van der Waals surface area contributed by atoms with Gasteiger partial charge in [-0.3, -0.25) is 4.79 Å². The number of aromatic amines is 1. The van der Waals surface area contributed by atoms with Crippen molar-refractivity contribution in [1.29, 1.82) is 0 Å². The Morgan fingerprint density at radius 2 is 1.90 bits per heavy atom. The molecule has 0 unspecified atom stereocenters. The van der Waals surface area contributed by atoms with Gasteiger partial charge in [0.25, 0.3) is 0 Å². The lowest BCUT2D eigenvalue weighted by molar-refractivity contribution is -0.131. The molecular formula is C24H28N2O3. The Balaban J connectivity index is 1.55. The number of carbonyl (C=O) groups is 1. The molecule has 4 rings (SSSR count).